The van der Waals surface area contributed by atoms with Crippen LogP contribution < -0.4 is 10.1 Å². The van der Waals surface area contributed by atoms with Crippen LogP contribution in [-0.4, -0.2) is 20.2 Å². The normalized spacial score (nSPS) is 10.8. The number of nitrogens with one attached hydrogen (secondary N) is 2. The molecule has 0 fully saturated rings. The molecule has 0 saturated heterocycles. The Bertz CT molecular complexity index is 1050. The van der Waals surface area contributed by atoms with Gasteiger partial charge in [-0.25, -0.2) is 4.98 Å². The van der Waals surface area contributed by atoms with E-state index in [1.165, 1.54) is 0 Å². The molecule has 1 aromatic carbocycles. The van der Waals surface area contributed by atoms with Crippen LogP contribution in [0.25, 0.3) is 11.0 Å². The first-order chi connectivity index (χ1) is 12.2. The van der Waals surface area contributed by atoms with Gasteiger partial charge in [0.2, 0.25) is 5.88 Å². The summed E-state index contributed by atoms with van der Waals surface area (Å²) in [4.78, 5) is 8.38. The Morgan fingerprint density at radius 1 is 1.04 bits per heavy atom. The number of fused-ring (bicyclic) bond motifs is 1. The summed E-state index contributed by atoms with van der Waals surface area (Å²) in [5, 5.41) is 11.1. The largest absolute Gasteiger partial charge is 0.437 e. The van der Waals surface area contributed by atoms with E-state index in [-0.39, 0.29) is 0 Å². The Hall–Kier alpha value is -2.83. The molecule has 0 spiro atoms. The number of hydrogen-bond donors (Lipinski definition) is 2. The van der Waals surface area contributed by atoms with Gasteiger partial charge in [-0.05, 0) is 36.4 Å². The van der Waals surface area contributed by atoms with Crippen molar-refractivity contribution in [3.63, 3.8) is 0 Å². The zero-order valence-corrected chi connectivity index (χ0v) is 14.2. The van der Waals surface area contributed by atoms with E-state index >= 15 is 0 Å². The molecule has 0 aliphatic rings. The number of rotatable bonds is 4. The number of pyridine rings is 2. The summed E-state index contributed by atoms with van der Waals surface area (Å²) in [7, 11) is 0. The molecule has 8 heteroatoms. The molecule has 0 bridgehead atoms. The van der Waals surface area contributed by atoms with Crippen LogP contribution in [0.3, 0.4) is 0 Å². The standard InChI is InChI=1S/C17H11Cl2N5O/c18-11-9-10(21-17-16-12(23-24-17)3-2-8-20-16)6-7-13(11)25-15-5-1-4-14(19)22-15/h1-9H,(H2,21,23,24). The topological polar surface area (TPSA) is 75.7 Å². The summed E-state index contributed by atoms with van der Waals surface area (Å²) in [6.45, 7) is 0. The maximum absolute atomic E-state index is 6.31. The minimum absolute atomic E-state index is 0.352. The molecule has 4 rings (SSSR count). The van der Waals surface area contributed by atoms with Crippen LogP contribution in [0.15, 0.2) is 54.7 Å². The predicted octanol–water partition coefficient (Wildman–Crippen LogP) is 5.20. The van der Waals surface area contributed by atoms with E-state index in [2.05, 4.69) is 25.5 Å². The molecule has 0 unspecified atom stereocenters. The number of ether oxygens (including phenoxy) is 1. The van der Waals surface area contributed by atoms with E-state index < -0.39 is 0 Å². The van der Waals surface area contributed by atoms with Gasteiger partial charge in [0.1, 0.15) is 16.4 Å². The summed E-state index contributed by atoms with van der Waals surface area (Å²) in [6.07, 6.45) is 1.71. The summed E-state index contributed by atoms with van der Waals surface area (Å²) in [6, 6.07) is 14.2. The van der Waals surface area contributed by atoms with E-state index in [9.17, 15) is 0 Å². The molecule has 124 valence electrons. The van der Waals surface area contributed by atoms with Gasteiger partial charge in [-0.3, -0.25) is 10.1 Å². The second kappa shape index (κ2) is 6.58. The lowest BCUT2D eigenvalue weighted by Gasteiger charge is -2.09. The van der Waals surface area contributed by atoms with Crippen molar-refractivity contribution in [2.75, 3.05) is 5.32 Å². The molecule has 0 atom stereocenters. The zero-order valence-electron chi connectivity index (χ0n) is 12.7. The van der Waals surface area contributed by atoms with Crippen molar-refractivity contribution in [2.45, 2.75) is 0 Å². The molecule has 2 N–H and O–H groups in total. The first kappa shape index (κ1) is 15.7. The molecule has 0 aliphatic heterocycles. The molecule has 0 saturated carbocycles. The number of anilines is 2. The second-order valence-corrected chi connectivity index (χ2v) is 5.94. The fourth-order valence-electron chi connectivity index (χ4n) is 2.30. The van der Waals surface area contributed by atoms with Gasteiger partial charge >= 0.3 is 0 Å². The van der Waals surface area contributed by atoms with E-state index in [1.54, 1.807) is 36.5 Å². The van der Waals surface area contributed by atoms with Crippen LogP contribution in [0, 0.1) is 0 Å². The average Bonchev–Trinajstić information content (AvgIpc) is 3.01. The van der Waals surface area contributed by atoms with E-state index in [1.807, 2.05) is 18.2 Å². The van der Waals surface area contributed by atoms with Crippen molar-refractivity contribution in [1.29, 1.82) is 0 Å². The monoisotopic (exact) mass is 371 g/mol. The van der Waals surface area contributed by atoms with Crippen molar-refractivity contribution in [3.8, 4) is 11.6 Å². The van der Waals surface area contributed by atoms with Crippen molar-refractivity contribution in [1.82, 2.24) is 20.2 Å². The van der Waals surface area contributed by atoms with Gasteiger partial charge in [0.05, 0.1) is 10.5 Å². The number of hydrogen-bond acceptors (Lipinski definition) is 5. The molecule has 3 heterocycles. The summed E-state index contributed by atoms with van der Waals surface area (Å²) in [5.41, 5.74) is 2.36. The van der Waals surface area contributed by atoms with Crippen molar-refractivity contribution in [2.24, 2.45) is 0 Å². The van der Waals surface area contributed by atoms with Crippen LogP contribution >= 0.6 is 23.2 Å². The quantitative estimate of drug-likeness (QED) is 0.482. The lowest BCUT2D eigenvalue weighted by atomic mass is 10.3. The number of benzene rings is 1. The SMILES string of the molecule is Clc1cccc(Oc2ccc(Nc3n[nH]c4cccnc34)cc2Cl)n1. The highest BCUT2D eigenvalue weighted by molar-refractivity contribution is 6.32. The van der Waals surface area contributed by atoms with Crippen LogP contribution in [0.4, 0.5) is 11.5 Å². The van der Waals surface area contributed by atoms with Crippen molar-refractivity contribution < 1.29 is 4.74 Å². The van der Waals surface area contributed by atoms with E-state index in [0.29, 0.717) is 27.6 Å². The Kier molecular flexibility index (Phi) is 4.13. The molecule has 25 heavy (non-hydrogen) atoms. The Labute approximate surface area is 152 Å². The van der Waals surface area contributed by atoms with Gasteiger partial charge in [-0.2, -0.15) is 5.10 Å². The first-order valence-corrected chi connectivity index (χ1v) is 8.11. The second-order valence-electron chi connectivity index (χ2n) is 5.14. The van der Waals surface area contributed by atoms with Crippen LogP contribution in [-0.2, 0) is 0 Å². The molecule has 0 radical (unpaired) electrons. The van der Waals surface area contributed by atoms with Gasteiger partial charge in [-0.15, -0.1) is 0 Å². The summed E-state index contributed by atoms with van der Waals surface area (Å²) < 4.78 is 5.66. The van der Waals surface area contributed by atoms with Gasteiger partial charge in [-0.1, -0.05) is 29.3 Å². The third kappa shape index (κ3) is 3.35. The highest BCUT2D eigenvalue weighted by Crippen LogP contribution is 2.32. The third-order valence-electron chi connectivity index (χ3n) is 3.42. The Morgan fingerprint density at radius 2 is 1.96 bits per heavy atom. The lowest BCUT2D eigenvalue weighted by Crippen LogP contribution is -1.93. The number of aromatic nitrogens is 4. The number of H-pyrrole nitrogens is 1. The molecule has 0 amide bonds. The van der Waals surface area contributed by atoms with Crippen LogP contribution in [0.2, 0.25) is 10.2 Å². The average molecular weight is 372 g/mol. The Balaban J connectivity index is 1.57. The van der Waals surface area contributed by atoms with Crippen LogP contribution in [0.1, 0.15) is 0 Å². The molecule has 0 aliphatic carbocycles. The molecular formula is C17H11Cl2N5O. The molecular weight excluding hydrogens is 361 g/mol. The molecule has 4 aromatic rings. The minimum Gasteiger partial charge on any atom is -0.437 e. The third-order valence-corrected chi connectivity index (χ3v) is 3.92. The highest BCUT2D eigenvalue weighted by Gasteiger charge is 2.09. The fraction of sp³-hybridized carbons (Fsp3) is 0. The van der Waals surface area contributed by atoms with Crippen molar-refractivity contribution >= 4 is 45.7 Å². The lowest BCUT2D eigenvalue weighted by molar-refractivity contribution is 0.463. The van der Waals surface area contributed by atoms with Crippen molar-refractivity contribution in [3.05, 3.63) is 64.9 Å². The number of nitrogens with zero attached hydrogens (tertiary/aromatic N) is 3. The maximum atomic E-state index is 6.31. The first-order valence-electron chi connectivity index (χ1n) is 7.35. The van der Waals surface area contributed by atoms with Gasteiger partial charge in [0.25, 0.3) is 0 Å². The maximum Gasteiger partial charge on any atom is 0.220 e. The smallest absolute Gasteiger partial charge is 0.220 e. The highest BCUT2D eigenvalue weighted by atomic mass is 35.5. The van der Waals surface area contributed by atoms with E-state index in [4.69, 9.17) is 27.9 Å². The minimum atomic E-state index is 0.352. The summed E-state index contributed by atoms with van der Waals surface area (Å²) in [5.74, 6) is 1.47. The predicted molar refractivity (Wildman–Crippen MR) is 97.9 cm³/mol. The number of halogens is 2. The van der Waals surface area contributed by atoms with Gasteiger partial charge < -0.3 is 10.1 Å². The van der Waals surface area contributed by atoms with Gasteiger partial charge in [0.15, 0.2) is 5.82 Å². The van der Waals surface area contributed by atoms with E-state index in [0.717, 1.165) is 16.7 Å². The fourth-order valence-corrected chi connectivity index (χ4v) is 2.67. The van der Waals surface area contributed by atoms with Gasteiger partial charge in [0, 0.05) is 18.0 Å². The summed E-state index contributed by atoms with van der Waals surface area (Å²) >= 11 is 12.2. The molecule has 3 aromatic heterocycles. The Morgan fingerprint density at radius 3 is 2.80 bits per heavy atom. The number of aromatic amines is 1. The zero-order chi connectivity index (χ0) is 17.2. The van der Waals surface area contributed by atoms with Crippen LogP contribution in [0.5, 0.6) is 11.6 Å². The molecule has 6 nitrogen and oxygen atoms in total.